The molecular formula is C10H14. The van der Waals surface area contributed by atoms with Crippen LogP contribution >= 0.6 is 0 Å². The van der Waals surface area contributed by atoms with Gasteiger partial charge in [-0.25, -0.2) is 0 Å². The van der Waals surface area contributed by atoms with E-state index in [-0.39, 0.29) is 0 Å². The first-order valence-electron chi connectivity index (χ1n) is 3.28. The van der Waals surface area contributed by atoms with Crippen LogP contribution in [-0.2, 0) is 0 Å². The Kier molecular flexibility index (Phi) is 3.53. The quantitative estimate of drug-likeness (QED) is 0.401. The van der Waals surface area contributed by atoms with Crippen LogP contribution < -0.4 is 0 Å². The molecule has 0 N–H and O–H groups in total. The smallest absolute Gasteiger partial charge is 0.00949 e. The fraction of sp³-hybridized carbons (Fsp3) is 0.300. The van der Waals surface area contributed by atoms with E-state index in [0.29, 0.717) is 0 Å². The second-order valence-electron chi connectivity index (χ2n) is 2.47. The molecule has 0 aliphatic carbocycles. The molecule has 0 aliphatic rings. The Hall–Kier alpha value is -1.00. The van der Waals surface area contributed by atoms with E-state index in [1.165, 1.54) is 5.57 Å². The Bertz CT molecular complexity index is 210. The fourth-order valence-corrected chi connectivity index (χ4v) is 0.499. The summed E-state index contributed by atoms with van der Waals surface area (Å²) in [6.45, 7) is 13.3. The maximum Gasteiger partial charge on any atom is -0.00949 e. The molecule has 0 atom stereocenters. The van der Waals surface area contributed by atoms with Crippen LogP contribution in [-0.4, -0.2) is 0 Å². The number of rotatable bonds is 2. The summed E-state index contributed by atoms with van der Waals surface area (Å²) in [5.74, 6) is 0. The molecule has 0 amide bonds. The standard InChI is InChI=1S/C10H14/c1-6-9(4)7-10(5)8(2)3/h7H,1-2H2,3-5H3. The molecule has 0 nitrogen and oxygen atoms in total. The van der Waals surface area contributed by atoms with Crippen molar-refractivity contribution in [2.75, 3.05) is 0 Å². The molecule has 0 rings (SSSR count). The third kappa shape index (κ3) is 3.11. The maximum absolute atomic E-state index is 3.81. The molecule has 0 aliphatic heterocycles. The molecule has 0 aromatic rings. The molecule has 0 radical (unpaired) electrons. The Morgan fingerprint density at radius 1 is 1.30 bits per heavy atom. The lowest BCUT2D eigenvalue weighted by Crippen LogP contribution is -1.76. The number of hydrogen-bond acceptors (Lipinski definition) is 0. The molecule has 10 heavy (non-hydrogen) atoms. The molecule has 0 aromatic carbocycles. The van der Waals surface area contributed by atoms with Gasteiger partial charge in [0.05, 0.1) is 0 Å². The lowest BCUT2D eigenvalue weighted by molar-refractivity contribution is 1.34. The summed E-state index contributed by atoms with van der Waals surface area (Å²) in [4.78, 5) is 0. The summed E-state index contributed by atoms with van der Waals surface area (Å²) >= 11 is 0. The van der Waals surface area contributed by atoms with Crippen LogP contribution in [0.3, 0.4) is 0 Å². The predicted molar refractivity (Wildman–Crippen MR) is 46.9 cm³/mol. The van der Waals surface area contributed by atoms with Gasteiger partial charge in [0.2, 0.25) is 0 Å². The Balaban J connectivity index is 4.47. The SMILES string of the molecule is C=C=C(C)C=C(C)C(=C)C. The molecule has 0 bridgehead atoms. The Labute approximate surface area is 63.3 Å². The largest absolute Gasteiger partial charge is 0.125 e. The molecule has 0 heteroatoms. The van der Waals surface area contributed by atoms with Crippen molar-refractivity contribution in [3.05, 3.63) is 41.7 Å². The van der Waals surface area contributed by atoms with Crippen molar-refractivity contribution in [2.24, 2.45) is 0 Å². The minimum Gasteiger partial charge on any atom is -0.125 e. The second kappa shape index (κ2) is 3.92. The van der Waals surface area contributed by atoms with Gasteiger partial charge in [-0.15, -0.1) is 5.73 Å². The summed E-state index contributed by atoms with van der Waals surface area (Å²) in [6.07, 6.45) is 2.02. The van der Waals surface area contributed by atoms with Crippen LogP contribution in [0.1, 0.15) is 20.8 Å². The van der Waals surface area contributed by atoms with Crippen LogP contribution in [0.2, 0.25) is 0 Å². The summed E-state index contributed by atoms with van der Waals surface area (Å²) in [5, 5.41) is 0. The van der Waals surface area contributed by atoms with Crippen molar-refractivity contribution in [3.63, 3.8) is 0 Å². The number of allylic oxidation sites excluding steroid dienone is 4. The summed E-state index contributed by atoms with van der Waals surface area (Å²) in [5.41, 5.74) is 6.14. The lowest BCUT2D eigenvalue weighted by Gasteiger charge is -1.96. The molecule has 0 aromatic heterocycles. The molecule has 0 saturated heterocycles. The number of hydrogen-bond donors (Lipinski definition) is 0. The van der Waals surface area contributed by atoms with Crippen molar-refractivity contribution in [1.82, 2.24) is 0 Å². The molecule has 0 spiro atoms. The van der Waals surface area contributed by atoms with E-state index in [2.05, 4.69) is 18.9 Å². The molecule has 54 valence electrons. The normalized spacial score (nSPS) is 10.5. The third-order valence-corrected chi connectivity index (χ3v) is 1.39. The zero-order chi connectivity index (χ0) is 8.15. The topological polar surface area (TPSA) is 0 Å². The molecular weight excluding hydrogens is 120 g/mol. The minimum absolute atomic E-state index is 1.06. The summed E-state index contributed by atoms with van der Waals surface area (Å²) in [6, 6.07) is 0. The van der Waals surface area contributed by atoms with E-state index in [4.69, 9.17) is 0 Å². The zero-order valence-corrected chi connectivity index (χ0v) is 6.99. The highest BCUT2D eigenvalue weighted by atomic mass is 13.9. The van der Waals surface area contributed by atoms with Gasteiger partial charge in [0.25, 0.3) is 0 Å². The van der Waals surface area contributed by atoms with E-state index >= 15 is 0 Å². The Morgan fingerprint density at radius 3 is 2.10 bits per heavy atom. The molecule has 0 heterocycles. The van der Waals surface area contributed by atoms with Crippen LogP contribution in [0.25, 0.3) is 0 Å². The highest BCUT2D eigenvalue weighted by molar-refractivity contribution is 5.31. The maximum atomic E-state index is 3.81. The van der Waals surface area contributed by atoms with Crippen molar-refractivity contribution < 1.29 is 0 Å². The Morgan fingerprint density at radius 2 is 1.80 bits per heavy atom. The van der Waals surface area contributed by atoms with Crippen molar-refractivity contribution in [2.45, 2.75) is 20.8 Å². The molecule has 0 saturated carbocycles. The van der Waals surface area contributed by atoms with Crippen LogP contribution in [0, 0.1) is 0 Å². The van der Waals surface area contributed by atoms with Gasteiger partial charge in [-0.3, -0.25) is 0 Å². The van der Waals surface area contributed by atoms with Gasteiger partial charge in [-0.05, 0) is 38.0 Å². The van der Waals surface area contributed by atoms with Crippen molar-refractivity contribution in [3.8, 4) is 0 Å². The average Bonchev–Trinajstić information content (AvgIpc) is 1.87. The van der Waals surface area contributed by atoms with Crippen LogP contribution in [0.4, 0.5) is 0 Å². The third-order valence-electron chi connectivity index (χ3n) is 1.39. The van der Waals surface area contributed by atoms with Gasteiger partial charge < -0.3 is 0 Å². The first kappa shape index (κ1) is 9.00. The van der Waals surface area contributed by atoms with Gasteiger partial charge in [0.15, 0.2) is 0 Å². The van der Waals surface area contributed by atoms with E-state index in [1.807, 2.05) is 26.8 Å². The van der Waals surface area contributed by atoms with Gasteiger partial charge in [-0.2, -0.15) is 0 Å². The molecule has 0 fully saturated rings. The fourth-order valence-electron chi connectivity index (χ4n) is 0.499. The zero-order valence-electron chi connectivity index (χ0n) is 6.99. The molecule has 0 unspecified atom stereocenters. The van der Waals surface area contributed by atoms with Crippen LogP contribution in [0.15, 0.2) is 41.7 Å². The summed E-state index contributed by atoms with van der Waals surface area (Å²) < 4.78 is 0. The summed E-state index contributed by atoms with van der Waals surface area (Å²) in [7, 11) is 0. The predicted octanol–water partition coefficient (Wildman–Crippen LogP) is 3.24. The van der Waals surface area contributed by atoms with Gasteiger partial charge >= 0.3 is 0 Å². The first-order chi connectivity index (χ1) is 4.57. The lowest BCUT2D eigenvalue weighted by atomic mass is 10.1. The monoisotopic (exact) mass is 134 g/mol. The van der Waals surface area contributed by atoms with E-state index in [1.54, 1.807) is 0 Å². The van der Waals surface area contributed by atoms with Crippen LogP contribution in [0.5, 0.6) is 0 Å². The first-order valence-corrected chi connectivity index (χ1v) is 3.28. The highest BCUT2D eigenvalue weighted by Crippen LogP contribution is 2.07. The second-order valence-corrected chi connectivity index (χ2v) is 2.47. The van der Waals surface area contributed by atoms with Gasteiger partial charge in [0, 0.05) is 0 Å². The average molecular weight is 134 g/mol. The van der Waals surface area contributed by atoms with Gasteiger partial charge in [-0.1, -0.05) is 18.7 Å². The van der Waals surface area contributed by atoms with E-state index in [9.17, 15) is 0 Å². The van der Waals surface area contributed by atoms with Gasteiger partial charge in [0.1, 0.15) is 0 Å². The van der Waals surface area contributed by atoms with Crippen molar-refractivity contribution in [1.29, 1.82) is 0 Å². The van der Waals surface area contributed by atoms with E-state index in [0.717, 1.165) is 11.1 Å². The minimum atomic E-state index is 1.06. The van der Waals surface area contributed by atoms with Crippen molar-refractivity contribution >= 4 is 0 Å². The highest BCUT2D eigenvalue weighted by Gasteiger charge is 1.87. The van der Waals surface area contributed by atoms with E-state index < -0.39 is 0 Å².